The number of aromatic nitrogens is 4. The largest absolute Gasteiger partial charge is 0.336 e. The second kappa shape index (κ2) is 4.85. The summed E-state index contributed by atoms with van der Waals surface area (Å²) in [5.74, 6) is 0. The van der Waals surface area contributed by atoms with E-state index in [0.29, 0.717) is 0 Å². The van der Waals surface area contributed by atoms with Crippen LogP contribution in [-0.4, -0.2) is 26.1 Å². The van der Waals surface area contributed by atoms with Gasteiger partial charge in [0.05, 0.1) is 18.6 Å². The van der Waals surface area contributed by atoms with Crippen molar-refractivity contribution in [3.63, 3.8) is 0 Å². The summed E-state index contributed by atoms with van der Waals surface area (Å²) in [6.45, 7) is 1.63. The SMILES string of the molecule is CNCc1cn(Cc2cncn2C)c2ncccc12. The average Bonchev–Trinajstić information content (AvgIpc) is 2.97. The van der Waals surface area contributed by atoms with E-state index in [1.54, 1.807) is 0 Å². The van der Waals surface area contributed by atoms with Gasteiger partial charge in [0, 0.05) is 37.6 Å². The van der Waals surface area contributed by atoms with Gasteiger partial charge in [0.2, 0.25) is 0 Å². The zero-order valence-electron chi connectivity index (χ0n) is 11.2. The first kappa shape index (κ1) is 11.9. The Balaban J connectivity index is 2.06. The lowest BCUT2D eigenvalue weighted by Crippen LogP contribution is -2.05. The number of aryl methyl sites for hydroxylation is 1. The van der Waals surface area contributed by atoms with Gasteiger partial charge in [-0.05, 0) is 24.7 Å². The molecule has 0 radical (unpaired) electrons. The molecule has 3 aromatic heterocycles. The normalized spacial score (nSPS) is 11.3. The molecule has 5 heteroatoms. The topological polar surface area (TPSA) is 47.7 Å². The lowest BCUT2D eigenvalue weighted by molar-refractivity contribution is 0.732. The van der Waals surface area contributed by atoms with Gasteiger partial charge in [-0.2, -0.15) is 0 Å². The Hall–Kier alpha value is -2.14. The van der Waals surface area contributed by atoms with Gasteiger partial charge in [0.25, 0.3) is 0 Å². The van der Waals surface area contributed by atoms with E-state index in [4.69, 9.17) is 0 Å². The maximum atomic E-state index is 4.50. The number of hydrogen-bond acceptors (Lipinski definition) is 3. The van der Waals surface area contributed by atoms with Crippen LogP contribution in [0.4, 0.5) is 0 Å². The maximum Gasteiger partial charge on any atom is 0.140 e. The van der Waals surface area contributed by atoms with Gasteiger partial charge in [-0.1, -0.05) is 0 Å². The highest BCUT2D eigenvalue weighted by Crippen LogP contribution is 2.20. The third-order valence-corrected chi connectivity index (χ3v) is 3.33. The first-order chi connectivity index (χ1) is 9.29. The molecule has 0 saturated heterocycles. The second-order valence-corrected chi connectivity index (χ2v) is 4.68. The minimum absolute atomic E-state index is 0.785. The molecule has 98 valence electrons. The van der Waals surface area contributed by atoms with E-state index >= 15 is 0 Å². The van der Waals surface area contributed by atoms with Crippen LogP contribution in [-0.2, 0) is 20.1 Å². The molecule has 0 spiro atoms. The molecule has 3 aromatic rings. The molecule has 3 rings (SSSR count). The predicted molar refractivity (Wildman–Crippen MR) is 74.8 cm³/mol. The third kappa shape index (κ3) is 2.13. The molecular weight excluding hydrogens is 238 g/mol. The van der Waals surface area contributed by atoms with Crippen LogP contribution in [0, 0.1) is 0 Å². The number of hydrogen-bond donors (Lipinski definition) is 1. The number of pyridine rings is 1. The number of nitrogens with zero attached hydrogens (tertiary/aromatic N) is 4. The first-order valence-electron chi connectivity index (χ1n) is 6.32. The fraction of sp³-hybridized carbons (Fsp3) is 0.286. The minimum atomic E-state index is 0.785. The van der Waals surface area contributed by atoms with Crippen molar-refractivity contribution in [2.24, 2.45) is 7.05 Å². The highest BCUT2D eigenvalue weighted by molar-refractivity contribution is 5.80. The Kier molecular flexibility index (Phi) is 3.05. The van der Waals surface area contributed by atoms with E-state index in [2.05, 4.69) is 32.1 Å². The summed E-state index contributed by atoms with van der Waals surface area (Å²) in [6, 6.07) is 4.10. The van der Waals surface area contributed by atoms with Gasteiger partial charge < -0.3 is 14.5 Å². The van der Waals surface area contributed by atoms with Gasteiger partial charge >= 0.3 is 0 Å². The summed E-state index contributed by atoms with van der Waals surface area (Å²) in [4.78, 5) is 8.66. The zero-order chi connectivity index (χ0) is 13.2. The second-order valence-electron chi connectivity index (χ2n) is 4.68. The van der Waals surface area contributed by atoms with Crippen molar-refractivity contribution in [2.75, 3.05) is 7.05 Å². The lowest BCUT2D eigenvalue weighted by atomic mass is 10.2. The molecule has 0 saturated carbocycles. The zero-order valence-corrected chi connectivity index (χ0v) is 11.2. The van der Waals surface area contributed by atoms with Gasteiger partial charge in [-0.25, -0.2) is 9.97 Å². The van der Waals surface area contributed by atoms with Gasteiger partial charge in [-0.15, -0.1) is 0 Å². The van der Waals surface area contributed by atoms with Crippen molar-refractivity contribution >= 4 is 11.0 Å². The molecule has 0 amide bonds. The smallest absolute Gasteiger partial charge is 0.140 e. The fourth-order valence-electron chi connectivity index (χ4n) is 2.36. The third-order valence-electron chi connectivity index (χ3n) is 3.33. The number of fused-ring (bicyclic) bond motifs is 1. The number of nitrogens with one attached hydrogen (secondary N) is 1. The fourth-order valence-corrected chi connectivity index (χ4v) is 2.36. The molecule has 0 aliphatic carbocycles. The average molecular weight is 255 g/mol. The molecule has 0 atom stereocenters. The van der Waals surface area contributed by atoms with Crippen LogP contribution in [0.2, 0.25) is 0 Å². The molecule has 1 N–H and O–H groups in total. The van der Waals surface area contributed by atoms with Crippen LogP contribution in [0.1, 0.15) is 11.3 Å². The van der Waals surface area contributed by atoms with Crippen molar-refractivity contribution in [1.29, 1.82) is 0 Å². The van der Waals surface area contributed by atoms with E-state index in [1.807, 2.05) is 43.4 Å². The van der Waals surface area contributed by atoms with Crippen LogP contribution in [0.5, 0.6) is 0 Å². The van der Waals surface area contributed by atoms with Gasteiger partial charge in [0.15, 0.2) is 0 Å². The standard InChI is InChI=1S/C14H17N5/c1-15-6-11-8-19(9-12-7-16-10-18(12)2)14-13(11)4-3-5-17-14/h3-5,7-8,10,15H,6,9H2,1-2H3. The summed E-state index contributed by atoms with van der Waals surface area (Å²) in [5, 5.41) is 4.41. The van der Waals surface area contributed by atoms with E-state index in [9.17, 15) is 0 Å². The lowest BCUT2D eigenvalue weighted by Gasteiger charge is -2.04. The highest BCUT2D eigenvalue weighted by Gasteiger charge is 2.10. The molecule has 0 aromatic carbocycles. The quantitative estimate of drug-likeness (QED) is 0.769. The van der Waals surface area contributed by atoms with Crippen molar-refractivity contribution in [1.82, 2.24) is 24.4 Å². The number of rotatable bonds is 4. The Morgan fingerprint density at radius 1 is 1.37 bits per heavy atom. The molecule has 0 unspecified atom stereocenters. The van der Waals surface area contributed by atoms with E-state index in [1.165, 1.54) is 16.6 Å². The van der Waals surface area contributed by atoms with Crippen molar-refractivity contribution in [3.8, 4) is 0 Å². The Morgan fingerprint density at radius 2 is 2.26 bits per heavy atom. The Morgan fingerprint density at radius 3 is 3.00 bits per heavy atom. The molecular formula is C14H17N5. The minimum Gasteiger partial charge on any atom is -0.336 e. The van der Waals surface area contributed by atoms with Crippen LogP contribution in [0.15, 0.2) is 37.1 Å². The van der Waals surface area contributed by atoms with Crippen LogP contribution in [0.3, 0.4) is 0 Å². The summed E-state index contributed by atoms with van der Waals surface area (Å²) < 4.78 is 4.21. The molecule has 0 aliphatic rings. The molecule has 0 aliphatic heterocycles. The summed E-state index contributed by atoms with van der Waals surface area (Å²) in [5.41, 5.74) is 3.46. The van der Waals surface area contributed by atoms with Crippen LogP contribution in [0.25, 0.3) is 11.0 Å². The van der Waals surface area contributed by atoms with Gasteiger partial charge in [0.1, 0.15) is 5.65 Å². The van der Waals surface area contributed by atoms with E-state index in [-0.39, 0.29) is 0 Å². The van der Waals surface area contributed by atoms with Crippen LogP contribution < -0.4 is 5.32 Å². The summed E-state index contributed by atoms with van der Waals surface area (Å²) >= 11 is 0. The summed E-state index contributed by atoms with van der Waals surface area (Å²) in [6.07, 6.45) is 7.72. The van der Waals surface area contributed by atoms with Gasteiger partial charge in [-0.3, -0.25) is 0 Å². The van der Waals surface area contributed by atoms with E-state index in [0.717, 1.165) is 18.7 Å². The molecule has 19 heavy (non-hydrogen) atoms. The molecule has 5 nitrogen and oxygen atoms in total. The van der Waals surface area contributed by atoms with Crippen molar-refractivity contribution in [3.05, 3.63) is 48.3 Å². The molecule has 3 heterocycles. The predicted octanol–water partition coefficient (Wildman–Crippen LogP) is 1.54. The first-order valence-corrected chi connectivity index (χ1v) is 6.32. The van der Waals surface area contributed by atoms with Crippen molar-refractivity contribution in [2.45, 2.75) is 13.1 Å². The van der Waals surface area contributed by atoms with Crippen molar-refractivity contribution < 1.29 is 0 Å². The molecule has 0 bridgehead atoms. The van der Waals surface area contributed by atoms with E-state index < -0.39 is 0 Å². The Bertz CT molecular complexity index is 695. The van der Waals surface area contributed by atoms with Crippen LogP contribution >= 0.6 is 0 Å². The monoisotopic (exact) mass is 255 g/mol. The summed E-state index contributed by atoms with van der Waals surface area (Å²) in [7, 11) is 3.97. The maximum absolute atomic E-state index is 4.50. The number of imidazole rings is 1. The molecule has 0 fully saturated rings. The highest BCUT2D eigenvalue weighted by atomic mass is 15.1. The Labute approximate surface area is 111 Å².